The first-order chi connectivity index (χ1) is 17.3. The van der Waals surface area contributed by atoms with E-state index in [1.54, 1.807) is 6.08 Å². The Kier molecular flexibility index (Phi) is 8.18. The van der Waals surface area contributed by atoms with Crippen LogP contribution >= 0.6 is 0 Å². The van der Waals surface area contributed by atoms with E-state index in [2.05, 4.69) is 5.32 Å². The summed E-state index contributed by atoms with van der Waals surface area (Å²) in [5.41, 5.74) is 4.71. The molecule has 1 aliphatic carbocycles. The molecule has 1 heterocycles. The second-order valence-corrected chi connectivity index (χ2v) is 9.16. The van der Waals surface area contributed by atoms with Gasteiger partial charge in [0.2, 0.25) is 0 Å². The molecule has 0 spiro atoms. The van der Waals surface area contributed by atoms with Crippen molar-refractivity contribution in [3.05, 3.63) is 83.3 Å². The van der Waals surface area contributed by atoms with Crippen LogP contribution in [0.1, 0.15) is 24.0 Å². The molecule has 7 nitrogen and oxygen atoms in total. The van der Waals surface area contributed by atoms with Gasteiger partial charge in [-0.15, -0.1) is 0 Å². The summed E-state index contributed by atoms with van der Waals surface area (Å²) >= 11 is 0. The number of hydrogen-bond donors (Lipinski definition) is 3. The SMILES string of the molecule is Cc1ccccc1-c1ccc(CNC(=O)[C@H](O)[C@@H](O)C(=O)N2CCN(C3=C(F)CCC=C3)CC2)cc1. The predicted octanol–water partition coefficient (Wildman–Crippen LogP) is 2.68. The zero-order chi connectivity index (χ0) is 25.7. The summed E-state index contributed by atoms with van der Waals surface area (Å²) in [6.45, 7) is 3.55. The maximum absolute atomic E-state index is 14.1. The highest BCUT2D eigenvalue weighted by atomic mass is 19.1. The van der Waals surface area contributed by atoms with Gasteiger partial charge in [-0.25, -0.2) is 4.39 Å². The van der Waals surface area contributed by atoms with Gasteiger partial charge in [-0.05, 0) is 41.7 Å². The second-order valence-electron chi connectivity index (χ2n) is 9.16. The van der Waals surface area contributed by atoms with Crippen LogP contribution in [0.4, 0.5) is 4.39 Å². The van der Waals surface area contributed by atoms with Crippen molar-refractivity contribution in [2.75, 3.05) is 26.2 Å². The standard InChI is InChI=1S/C28H32FN3O4/c1-19-6-2-3-7-22(19)21-12-10-20(11-13-21)18-30-27(35)25(33)26(34)28(36)32-16-14-31(15-17-32)24-9-5-4-8-23(24)29/h2-3,5-7,9-13,25-26,33-34H,4,8,14-18H2,1H3,(H,30,35)/t25-,26-/m1/s1. The van der Waals surface area contributed by atoms with Gasteiger partial charge in [-0.1, -0.05) is 54.6 Å². The number of carbonyl (C=O) groups is 2. The van der Waals surface area contributed by atoms with Gasteiger partial charge in [0.1, 0.15) is 5.83 Å². The molecule has 2 aromatic rings. The number of halogens is 1. The van der Waals surface area contributed by atoms with Crippen molar-refractivity contribution in [3.63, 3.8) is 0 Å². The molecule has 190 valence electrons. The Hall–Kier alpha value is -3.49. The Bertz CT molecular complexity index is 1150. The van der Waals surface area contributed by atoms with Gasteiger partial charge >= 0.3 is 0 Å². The number of nitrogens with zero attached hydrogens (tertiary/aromatic N) is 2. The van der Waals surface area contributed by atoms with Crippen molar-refractivity contribution >= 4 is 11.8 Å². The van der Waals surface area contributed by atoms with Crippen LogP contribution in [0.3, 0.4) is 0 Å². The van der Waals surface area contributed by atoms with Gasteiger partial charge in [0.15, 0.2) is 12.2 Å². The van der Waals surface area contributed by atoms with Crippen LogP contribution in [-0.2, 0) is 16.1 Å². The second kappa shape index (κ2) is 11.5. The van der Waals surface area contributed by atoms with E-state index in [0.29, 0.717) is 31.6 Å². The van der Waals surface area contributed by atoms with E-state index in [0.717, 1.165) is 22.3 Å². The molecule has 1 saturated heterocycles. The van der Waals surface area contributed by atoms with E-state index in [1.165, 1.54) is 4.90 Å². The van der Waals surface area contributed by atoms with E-state index in [1.807, 2.05) is 66.4 Å². The van der Waals surface area contributed by atoms with Gasteiger partial charge in [-0.3, -0.25) is 9.59 Å². The highest BCUT2D eigenvalue weighted by Crippen LogP contribution is 2.25. The molecule has 1 aliphatic heterocycles. The maximum atomic E-state index is 14.1. The van der Waals surface area contributed by atoms with Gasteiger partial charge in [-0.2, -0.15) is 0 Å². The first kappa shape index (κ1) is 25.6. The monoisotopic (exact) mass is 493 g/mol. The molecule has 0 unspecified atom stereocenters. The van der Waals surface area contributed by atoms with Crippen molar-refractivity contribution < 1.29 is 24.2 Å². The molecule has 0 bridgehead atoms. The van der Waals surface area contributed by atoms with E-state index in [4.69, 9.17) is 0 Å². The van der Waals surface area contributed by atoms with Crippen molar-refractivity contribution in [1.29, 1.82) is 0 Å². The number of rotatable bonds is 7. The average molecular weight is 494 g/mol. The van der Waals surface area contributed by atoms with Crippen LogP contribution in [0.25, 0.3) is 11.1 Å². The third-order valence-electron chi connectivity index (χ3n) is 6.71. The Morgan fingerprint density at radius 1 is 1.00 bits per heavy atom. The molecule has 36 heavy (non-hydrogen) atoms. The first-order valence-corrected chi connectivity index (χ1v) is 12.2. The number of aryl methyl sites for hydroxylation is 1. The van der Waals surface area contributed by atoms with Crippen LogP contribution in [0, 0.1) is 6.92 Å². The zero-order valence-corrected chi connectivity index (χ0v) is 20.4. The van der Waals surface area contributed by atoms with Gasteiger partial charge in [0.25, 0.3) is 11.8 Å². The Labute approximate surface area is 210 Å². The molecule has 0 aromatic heterocycles. The summed E-state index contributed by atoms with van der Waals surface area (Å²) in [7, 11) is 0. The fourth-order valence-corrected chi connectivity index (χ4v) is 4.53. The average Bonchev–Trinajstić information content (AvgIpc) is 2.91. The largest absolute Gasteiger partial charge is 0.380 e. The molecule has 2 amide bonds. The first-order valence-electron chi connectivity index (χ1n) is 12.2. The van der Waals surface area contributed by atoms with Crippen molar-refractivity contribution in [2.45, 2.75) is 38.5 Å². The van der Waals surface area contributed by atoms with Crippen LogP contribution in [0.5, 0.6) is 0 Å². The normalized spacial score (nSPS) is 17.7. The summed E-state index contributed by atoms with van der Waals surface area (Å²) in [6, 6.07) is 15.8. The van der Waals surface area contributed by atoms with Crippen LogP contribution in [-0.4, -0.2) is 70.2 Å². The Morgan fingerprint density at radius 3 is 2.36 bits per heavy atom. The lowest BCUT2D eigenvalue weighted by molar-refractivity contribution is -0.154. The number of piperazine rings is 1. The molecule has 2 aliphatic rings. The fraction of sp³-hybridized carbons (Fsp3) is 0.357. The highest BCUT2D eigenvalue weighted by Gasteiger charge is 2.35. The summed E-state index contributed by atoms with van der Waals surface area (Å²) in [5, 5.41) is 23.2. The lowest BCUT2D eigenvalue weighted by Crippen LogP contribution is -2.55. The summed E-state index contributed by atoms with van der Waals surface area (Å²) in [6.07, 6.45) is 0.983. The molecule has 2 atom stereocenters. The molecular weight excluding hydrogens is 461 g/mol. The minimum Gasteiger partial charge on any atom is -0.380 e. The number of carbonyl (C=O) groups excluding carboxylic acids is 2. The summed E-state index contributed by atoms with van der Waals surface area (Å²) in [4.78, 5) is 28.4. The van der Waals surface area contributed by atoms with Crippen molar-refractivity contribution in [3.8, 4) is 11.1 Å². The van der Waals surface area contributed by atoms with Crippen LogP contribution in [0.15, 0.2) is 72.2 Å². The molecular formula is C28H32FN3O4. The number of hydrogen-bond acceptors (Lipinski definition) is 5. The third-order valence-corrected chi connectivity index (χ3v) is 6.71. The minimum atomic E-state index is -1.89. The third kappa shape index (κ3) is 5.83. The number of amides is 2. The fourth-order valence-electron chi connectivity index (χ4n) is 4.53. The molecule has 4 rings (SSSR count). The topological polar surface area (TPSA) is 93.1 Å². The summed E-state index contributed by atoms with van der Waals surface area (Å²) < 4.78 is 14.1. The quantitative estimate of drug-likeness (QED) is 0.552. The number of aliphatic hydroxyl groups is 2. The van der Waals surface area contributed by atoms with E-state index in [9.17, 15) is 24.2 Å². The molecule has 2 aromatic carbocycles. The van der Waals surface area contributed by atoms with Crippen molar-refractivity contribution in [2.24, 2.45) is 0 Å². The van der Waals surface area contributed by atoms with E-state index in [-0.39, 0.29) is 25.5 Å². The van der Waals surface area contributed by atoms with Crippen LogP contribution < -0.4 is 5.32 Å². The lowest BCUT2D eigenvalue weighted by atomic mass is 9.99. The van der Waals surface area contributed by atoms with Gasteiger partial charge in [0.05, 0.1) is 5.70 Å². The molecule has 8 heteroatoms. The molecule has 1 fully saturated rings. The summed E-state index contributed by atoms with van der Waals surface area (Å²) in [5.74, 6) is -1.69. The number of nitrogens with one attached hydrogen (secondary N) is 1. The maximum Gasteiger partial charge on any atom is 0.254 e. The Balaban J connectivity index is 1.26. The smallest absolute Gasteiger partial charge is 0.254 e. The number of aliphatic hydroxyl groups excluding tert-OH is 2. The molecule has 3 N–H and O–H groups in total. The lowest BCUT2D eigenvalue weighted by Gasteiger charge is -2.38. The minimum absolute atomic E-state index is 0.151. The number of allylic oxidation sites excluding steroid dienone is 3. The van der Waals surface area contributed by atoms with Crippen molar-refractivity contribution in [1.82, 2.24) is 15.1 Å². The number of benzene rings is 2. The van der Waals surface area contributed by atoms with Gasteiger partial charge in [0, 0.05) is 39.1 Å². The Morgan fingerprint density at radius 2 is 1.69 bits per heavy atom. The predicted molar refractivity (Wildman–Crippen MR) is 135 cm³/mol. The van der Waals surface area contributed by atoms with Gasteiger partial charge < -0.3 is 25.3 Å². The molecule has 0 radical (unpaired) electrons. The van der Waals surface area contributed by atoms with E-state index >= 15 is 0 Å². The van der Waals surface area contributed by atoms with Crippen LogP contribution in [0.2, 0.25) is 0 Å². The molecule has 0 saturated carbocycles. The van der Waals surface area contributed by atoms with E-state index < -0.39 is 24.0 Å². The zero-order valence-electron chi connectivity index (χ0n) is 20.4. The highest BCUT2D eigenvalue weighted by molar-refractivity contribution is 5.90.